The molecule has 0 unspecified atom stereocenters. The van der Waals surface area contributed by atoms with Crippen LogP contribution in [0.1, 0.15) is 57.4 Å². The first kappa shape index (κ1) is 13.4. The topological polar surface area (TPSA) is 37.3 Å². The van der Waals surface area contributed by atoms with E-state index in [9.17, 15) is 9.90 Å². The summed E-state index contributed by atoms with van der Waals surface area (Å²) in [5.41, 5.74) is 1.33. The van der Waals surface area contributed by atoms with Crippen LogP contribution >= 0.6 is 0 Å². The third kappa shape index (κ3) is 1.74. The predicted molar refractivity (Wildman–Crippen MR) is 82.1 cm³/mol. The van der Waals surface area contributed by atoms with Crippen LogP contribution < -0.4 is 0 Å². The largest absolute Gasteiger partial charge is 0.481 e. The SMILES string of the molecule is CC[C@]12C[C@@H]3C[C@](C(=O)O)(C1)C[C@@](c1ccccc1)(C3)C2. The first-order chi connectivity index (χ1) is 10.0. The van der Waals surface area contributed by atoms with E-state index in [0.29, 0.717) is 5.92 Å². The van der Waals surface area contributed by atoms with Crippen molar-refractivity contribution < 1.29 is 9.90 Å². The lowest BCUT2D eigenvalue weighted by atomic mass is 9.38. The van der Waals surface area contributed by atoms with Gasteiger partial charge >= 0.3 is 5.97 Å². The molecule has 0 aromatic heterocycles. The van der Waals surface area contributed by atoms with E-state index in [4.69, 9.17) is 0 Å². The van der Waals surface area contributed by atoms with Gasteiger partial charge in [0.1, 0.15) is 0 Å². The molecule has 0 amide bonds. The van der Waals surface area contributed by atoms with Gasteiger partial charge in [-0.1, -0.05) is 43.7 Å². The Kier molecular flexibility index (Phi) is 2.62. The molecule has 0 saturated heterocycles. The number of carbonyl (C=O) groups is 1. The van der Waals surface area contributed by atoms with E-state index in [-0.39, 0.29) is 10.8 Å². The van der Waals surface area contributed by atoms with E-state index in [1.165, 1.54) is 24.8 Å². The van der Waals surface area contributed by atoms with E-state index in [0.717, 1.165) is 25.7 Å². The average molecular weight is 284 g/mol. The molecule has 4 aliphatic rings. The zero-order valence-corrected chi connectivity index (χ0v) is 12.8. The summed E-state index contributed by atoms with van der Waals surface area (Å²) in [5, 5.41) is 9.95. The molecule has 4 bridgehead atoms. The number of benzene rings is 1. The Morgan fingerprint density at radius 1 is 1.14 bits per heavy atom. The summed E-state index contributed by atoms with van der Waals surface area (Å²) in [6.07, 6.45) is 7.48. The summed E-state index contributed by atoms with van der Waals surface area (Å²) in [6.45, 7) is 2.27. The maximum atomic E-state index is 12.1. The van der Waals surface area contributed by atoms with Crippen molar-refractivity contribution in [2.24, 2.45) is 16.7 Å². The molecule has 4 aliphatic carbocycles. The molecule has 1 aromatic carbocycles. The molecule has 4 fully saturated rings. The van der Waals surface area contributed by atoms with Gasteiger partial charge in [0.25, 0.3) is 0 Å². The fraction of sp³-hybridized carbons (Fsp3) is 0.632. The smallest absolute Gasteiger partial charge is 0.309 e. The van der Waals surface area contributed by atoms with Crippen molar-refractivity contribution in [3.05, 3.63) is 35.9 Å². The van der Waals surface area contributed by atoms with Crippen molar-refractivity contribution in [2.75, 3.05) is 0 Å². The highest BCUT2D eigenvalue weighted by atomic mass is 16.4. The van der Waals surface area contributed by atoms with Crippen LogP contribution in [0.5, 0.6) is 0 Å². The molecule has 21 heavy (non-hydrogen) atoms. The highest BCUT2D eigenvalue weighted by Gasteiger charge is 2.65. The van der Waals surface area contributed by atoms with Gasteiger partial charge in [-0.15, -0.1) is 0 Å². The van der Waals surface area contributed by atoms with Crippen molar-refractivity contribution in [1.82, 2.24) is 0 Å². The Bertz CT molecular complexity index is 580. The lowest BCUT2D eigenvalue weighted by Crippen LogP contribution is -2.60. The summed E-state index contributed by atoms with van der Waals surface area (Å²) in [7, 11) is 0. The Morgan fingerprint density at radius 2 is 1.90 bits per heavy atom. The molecule has 0 heterocycles. The van der Waals surface area contributed by atoms with Crippen LogP contribution in [0.3, 0.4) is 0 Å². The summed E-state index contributed by atoms with van der Waals surface area (Å²) in [6, 6.07) is 10.7. The van der Waals surface area contributed by atoms with Gasteiger partial charge in [0.15, 0.2) is 0 Å². The van der Waals surface area contributed by atoms with Crippen LogP contribution in [0.25, 0.3) is 0 Å². The number of hydrogen-bond donors (Lipinski definition) is 1. The minimum absolute atomic E-state index is 0.120. The standard InChI is InChI=1S/C19H24O2/c1-2-17-8-14-9-18(11-17,15-6-4-3-5-7-15)13-19(10-14,12-17)16(20)21/h3-7,14H,2,8-13H2,1H3,(H,20,21)/t14-,17+,18+,19-/m0/s1. The van der Waals surface area contributed by atoms with Crippen molar-refractivity contribution in [3.8, 4) is 0 Å². The zero-order valence-electron chi connectivity index (χ0n) is 12.8. The Hall–Kier alpha value is -1.31. The van der Waals surface area contributed by atoms with Gasteiger partial charge in [0.05, 0.1) is 5.41 Å². The molecule has 0 radical (unpaired) electrons. The number of aliphatic carboxylic acids is 1. The lowest BCUT2D eigenvalue weighted by Gasteiger charge is -2.65. The fourth-order valence-corrected chi connectivity index (χ4v) is 6.38. The second-order valence-corrected chi connectivity index (χ2v) is 8.09. The number of carboxylic acids is 1. The van der Waals surface area contributed by atoms with E-state index in [2.05, 4.69) is 37.3 Å². The fourth-order valence-electron chi connectivity index (χ4n) is 6.38. The third-order valence-electron chi connectivity index (χ3n) is 6.77. The summed E-state index contributed by atoms with van der Waals surface area (Å²) < 4.78 is 0. The van der Waals surface area contributed by atoms with Crippen molar-refractivity contribution in [3.63, 3.8) is 0 Å². The summed E-state index contributed by atoms with van der Waals surface area (Å²) in [4.78, 5) is 12.1. The normalized spacial score (nSPS) is 44.0. The molecular weight excluding hydrogens is 260 g/mol. The van der Waals surface area contributed by atoms with Crippen molar-refractivity contribution >= 4 is 5.97 Å². The molecule has 2 heteroatoms. The monoisotopic (exact) mass is 284 g/mol. The Labute approximate surface area is 126 Å². The van der Waals surface area contributed by atoms with Gasteiger partial charge in [-0.3, -0.25) is 4.79 Å². The number of rotatable bonds is 3. The molecule has 1 N–H and O–H groups in total. The third-order valence-corrected chi connectivity index (χ3v) is 6.77. The summed E-state index contributed by atoms with van der Waals surface area (Å²) in [5.74, 6) is 0.0715. The van der Waals surface area contributed by atoms with E-state index in [1.807, 2.05) is 0 Å². The molecule has 1 aromatic rings. The Morgan fingerprint density at radius 3 is 2.57 bits per heavy atom. The van der Waals surface area contributed by atoms with Gasteiger partial charge < -0.3 is 5.11 Å². The van der Waals surface area contributed by atoms with Crippen LogP contribution in [0.15, 0.2) is 30.3 Å². The maximum Gasteiger partial charge on any atom is 0.309 e. The van der Waals surface area contributed by atoms with Crippen LogP contribution in [0, 0.1) is 16.7 Å². The maximum absolute atomic E-state index is 12.1. The Balaban J connectivity index is 1.85. The molecule has 5 rings (SSSR count). The van der Waals surface area contributed by atoms with Gasteiger partial charge in [0, 0.05) is 0 Å². The van der Waals surface area contributed by atoms with Gasteiger partial charge in [-0.2, -0.15) is 0 Å². The minimum Gasteiger partial charge on any atom is -0.481 e. The quantitative estimate of drug-likeness (QED) is 0.893. The van der Waals surface area contributed by atoms with Gasteiger partial charge in [-0.05, 0) is 60.8 Å². The predicted octanol–water partition coefficient (Wildman–Crippen LogP) is 4.39. The molecular formula is C19H24O2. The van der Waals surface area contributed by atoms with Crippen LogP contribution in [-0.2, 0) is 10.2 Å². The molecule has 0 aliphatic heterocycles. The van der Waals surface area contributed by atoms with Crippen LogP contribution in [0.2, 0.25) is 0 Å². The number of hydrogen-bond acceptors (Lipinski definition) is 1. The molecule has 112 valence electrons. The van der Waals surface area contributed by atoms with Crippen LogP contribution in [0.4, 0.5) is 0 Å². The van der Waals surface area contributed by atoms with Crippen molar-refractivity contribution in [1.29, 1.82) is 0 Å². The van der Waals surface area contributed by atoms with E-state index >= 15 is 0 Å². The number of carboxylic acid groups (broad SMARTS) is 1. The van der Waals surface area contributed by atoms with Crippen molar-refractivity contribution in [2.45, 2.75) is 57.3 Å². The minimum atomic E-state index is -0.537. The van der Waals surface area contributed by atoms with Crippen LogP contribution in [-0.4, -0.2) is 11.1 Å². The van der Waals surface area contributed by atoms with Gasteiger partial charge in [-0.25, -0.2) is 0 Å². The summed E-state index contributed by atoms with van der Waals surface area (Å²) >= 11 is 0. The first-order valence-corrected chi connectivity index (χ1v) is 8.31. The van der Waals surface area contributed by atoms with Gasteiger partial charge in [0.2, 0.25) is 0 Å². The second kappa shape index (κ2) is 4.12. The molecule has 4 atom stereocenters. The molecule has 4 saturated carbocycles. The van der Waals surface area contributed by atoms with E-state index in [1.54, 1.807) is 0 Å². The molecule has 0 spiro atoms. The highest BCUT2D eigenvalue weighted by Crippen LogP contribution is 2.70. The van der Waals surface area contributed by atoms with E-state index < -0.39 is 11.4 Å². The highest BCUT2D eigenvalue weighted by molar-refractivity contribution is 5.76. The zero-order chi connectivity index (χ0) is 14.7. The lowest BCUT2D eigenvalue weighted by molar-refractivity contribution is -0.179. The molecule has 2 nitrogen and oxygen atoms in total. The first-order valence-electron chi connectivity index (χ1n) is 8.31. The average Bonchev–Trinajstić information content (AvgIpc) is 2.47. The second-order valence-electron chi connectivity index (χ2n) is 8.09.